The molecule has 0 radical (unpaired) electrons. The zero-order valence-corrected chi connectivity index (χ0v) is 15.6. The summed E-state index contributed by atoms with van der Waals surface area (Å²) in [4.78, 5) is 13.8. The Labute approximate surface area is 145 Å². The number of benzene rings is 1. The van der Waals surface area contributed by atoms with Crippen LogP contribution < -0.4 is 5.32 Å². The number of hydrogen-bond acceptors (Lipinski definition) is 6. The molecule has 0 saturated carbocycles. The smallest absolute Gasteiger partial charge is 0.233 e. The number of aryl methyl sites for hydroxylation is 2. The molecule has 2 rings (SSSR count). The maximum atomic E-state index is 12.0. The van der Waals surface area contributed by atoms with Gasteiger partial charge in [0.15, 0.2) is 4.34 Å². The summed E-state index contributed by atoms with van der Waals surface area (Å²) in [5.74, 6) is 0.541. The highest BCUT2D eigenvalue weighted by Gasteiger charge is 2.12. The molecule has 1 heterocycles. The average molecular weight is 351 g/mol. The Hall–Kier alpha value is -1.60. The highest BCUT2D eigenvalue weighted by Crippen LogP contribution is 2.28. The number of rotatable bonds is 7. The van der Waals surface area contributed by atoms with E-state index in [0.717, 1.165) is 28.2 Å². The minimum Gasteiger partial charge on any atom is -0.343 e. The number of thioether (sulfide) groups is 1. The molecule has 0 aliphatic heterocycles. The van der Waals surface area contributed by atoms with Crippen molar-refractivity contribution in [2.75, 3.05) is 24.2 Å². The monoisotopic (exact) mass is 350 g/mol. The highest BCUT2D eigenvalue weighted by atomic mass is 32.2. The van der Waals surface area contributed by atoms with E-state index in [1.54, 1.807) is 0 Å². The van der Waals surface area contributed by atoms with Gasteiger partial charge in [0.25, 0.3) is 0 Å². The van der Waals surface area contributed by atoms with Crippen LogP contribution in [0, 0.1) is 13.8 Å². The van der Waals surface area contributed by atoms with Crippen LogP contribution in [0.3, 0.4) is 0 Å². The van der Waals surface area contributed by atoms with Crippen LogP contribution in [0.5, 0.6) is 0 Å². The number of aromatic nitrogens is 2. The maximum absolute atomic E-state index is 12.0. The number of anilines is 2. The lowest BCUT2D eigenvalue weighted by atomic mass is 10.1. The topological polar surface area (TPSA) is 58.1 Å². The summed E-state index contributed by atoms with van der Waals surface area (Å²) < 4.78 is 0.803. The molecule has 5 nitrogen and oxygen atoms in total. The van der Waals surface area contributed by atoms with Gasteiger partial charge >= 0.3 is 0 Å². The molecule has 7 heteroatoms. The van der Waals surface area contributed by atoms with E-state index in [1.165, 1.54) is 34.2 Å². The van der Waals surface area contributed by atoms with Crippen LogP contribution in [0.2, 0.25) is 0 Å². The van der Waals surface area contributed by atoms with E-state index >= 15 is 0 Å². The van der Waals surface area contributed by atoms with Crippen LogP contribution in [0.25, 0.3) is 0 Å². The van der Waals surface area contributed by atoms with Crippen LogP contribution in [0.4, 0.5) is 10.8 Å². The van der Waals surface area contributed by atoms with Gasteiger partial charge in [0.05, 0.1) is 5.75 Å². The molecule has 0 bridgehead atoms. The van der Waals surface area contributed by atoms with Crippen LogP contribution in [-0.2, 0) is 4.79 Å². The van der Waals surface area contributed by atoms with Crippen molar-refractivity contribution >= 4 is 39.8 Å². The summed E-state index contributed by atoms with van der Waals surface area (Å²) in [6.45, 7) is 9.63. The van der Waals surface area contributed by atoms with Gasteiger partial charge in [-0.2, -0.15) is 0 Å². The predicted molar refractivity (Wildman–Crippen MR) is 97.8 cm³/mol. The zero-order valence-electron chi connectivity index (χ0n) is 13.9. The van der Waals surface area contributed by atoms with Gasteiger partial charge in [-0.3, -0.25) is 4.79 Å². The normalized spacial score (nSPS) is 10.6. The third-order valence-corrected chi connectivity index (χ3v) is 5.56. The molecule has 1 amide bonds. The molecule has 23 heavy (non-hydrogen) atoms. The minimum absolute atomic E-state index is 0.138. The summed E-state index contributed by atoms with van der Waals surface area (Å²) >= 11 is 2.90. The summed E-state index contributed by atoms with van der Waals surface area (Å²) in [7, 11) is 0. The third-order valence-electron chi connectivity index (χ3n) is 3.60. The van der Waals surface area contributed by atoms with Crippen LogP contribution in [-0.4, -0.2) is 39.8 Å². The first-order valence-corrected chi connectivity index (χ1v) is 9.42. The Balaban J connectivity index is 1.92. The van der Waals surface area contributed by atoms with Crippen LogP contribution in [0.15, 0.2) is 22.5 Å². The number of nitrogens with one attached hydrogen (secondary N) is 1. The van der Waals surface area contributed by atoms with Crippen molar-refractivity contribution in [1.82, 2.24) is 15.1 Å². The predicted octanol–water partition coefficient (Wildman–Crippen LogP) is 3.86. The Bertz CT molecular complexity index is 668. The molecular weight excluding hydrogens is 328 g/mol. The van der Waals surface area contributed by atoms with Gasteiger partial charge in [-0.05, 0) is 51.0 Å². The van der Waals surface area contributed by atoms with Gasteiger partial charge in [0, 0.05) is 18.8 Å². The van der Waals surface area contributed by atoms with Crippen molar-refractivity contribution in [3.8, 4) is 0 Å². The summed E-state index contributed by atoms with van der Waals surface area (Å²) in [6.07, 6.45) is 0. The van der Waals surface area contributed by atoms with E-state index in [1.807, 2.05) is 24.8 Å². The van der Waals surface area contributed by atoms with E-state index in [2.05, 4.69) is 41.5 Å². The molecule has 2 aromatic rings. The van der Waals surface area contributed by atoms with Gasteiger partial charge in [0.1, 0.15) is 0 Å². The molecule has 0 spiro atoms. The Morgan fingerprint density at radius 2 is 1.96 bits per heavy atom. The second-order valence-corrected chi connectivity index (χ2v) is 7.35. The lowest BCUT2D eigenvalue weighted by molar-refractivity contribution is -0.127. The first-order valence-electron chi connectivity index (χ1n) is 7.61. The van der Waals surface area contributed by atoms with Crippen molar-refractivity contribution in [2.45, 2.75) is 32.0 Å². The minimum atomic E-state index is 0.138. The van der Waals surface area contributed by atoms with Crippen LogP contribution in [0.1, 0.15) is 25.0 Å². The second-order valence-electron chi connectivity index (χ2n) is 5.15. The fourth-order valence-corrected chi connectivity index (χ4v) is 3.73. The van der Waals surface area contributed by atoms with Crippen molar-refractivity contribution in [3.05, 3.63) is 29.3 Å². The second kappa shape index (κ2) is 8.31. The van der Waals surface area contributed by atoms with E-state index in [9.17, 15) is 4.79 Å². The van der Waals surface area contributed by atoms with Gasteiger partial charge in [-0.25, -0.2) is 0 Å². The first kappa shape index (κ1) is 17.7. The third kappa shape index (κ3) is 4.94. The summed E-state index contributed by atoms with van der Waals surface area (Å²) in [6, 6.07) is 6.20. The average Bonchev–Trinajstić information content (AvgIpc) is 2.97. The number of nitrogens with zero attached hydrogens (tertiary/aromatic N) is 3. The number of amides is 1. The van der Waals surface area contributed by atoms with E-state index in [-0.39, 0.29) is 5.91 Å². The van der Waals surface area contributed by atoms with Gasteiger partial charge in [0.2, 0.25) is 11.0 Å². The molecule has 1 aromatic heterocycles. The summed E-state index contributed by atoms with van der Waals surface area (Å²) in [5.41, 5.74) is 3.50. The Morgan fingerprint density at radius 1 is 1.22 bits per heavy atom. The highest BCUT2D eigenvalue weighted by molar-refractivity contribution is 8.01. The van der Waals surface area contributed by atoms with Crippen molar-refractivity contribution in [2.24, 2.45) is 0 Å². The Morgan fingerprint density at radius 3 is 2.61 bits per heavy atom. The molecule has 0 unspecified atom stereocenters. The van der Waals surface area contributed by atoms with Crippen molar-refractivity contribution in [3.63, 3.8) is 0 Å². The Kier molecular flexibility index (Phi) is 6.41. The van der Waals surface area contributed by atoms with Gasteiger partial charge < -0.3 is 10.2 Å². The number of hydrogen-bond donors (Lipinski definition) is 1. The SMILES string of the molecule is CCN(CC)C(=O)CSc1nnc(Nc2ccc(C)c(C)c2)s1. The van der Waals surface area contributed by atoms with Crippen molar-refractivity contribution < 1.29 is 4.79 Å². The molecule has 1 aromatic carbocycles. The molecular formula is C16H22N4OS2. The van der Waals surface area contributed by atoms with E-state index in [4.69, 9.17) is 0 Å². The molecule has 0 aliphatic carbocycles. The fraction of sp³-hybridized carbons (Fsp3) is 0.438. The van der Waals surface area contributed by atoms with Crippen molar-refractivity contribution in [1.29, 1.82) is 0 Å². The van der Waals surface area contributed by atoms with E-state index in [0.29, 0.717) is 5.75 Å². The fourth-order valence-electron chi connectivity index (χ4n) is 2.05. The molecule has 0 aliphatic rings. The zero-order chi connectivity index (χ0) is 16.8. The summed E-state index contributed by atoms with van der Waals surface area (Å²) in [5, 5.41) is 12.3. The van der Waals surface area contributed by atoms with E-state index < -0.39 is 0 Å². The standard InChI is InChI=1S/C16H22N4OS2/c1-5-20(6-2)14(21)10-22-16-19-18-15(23-16)17-13-8-7-11(3)12(4)9-13/h7-9H,5-6,10H2,1-4H3,(H,17,18). The molecule has 0 saturated heterocycles. The van der Waals surface area contributed by atoms with Gasteiger partial charge in [-0.15, -0.1) is 10.2 Å². The maximum Gasteiger partial charge on any atom is 0.233 e. The first-order chi connectivity index (χ1) is 11.0. The van der Waals surface area contributed by atoms with Crippen LogP contribution >= 0.6 is 23.1 Å². The molecule has 124 valence electrons. The number of carbonyl (C=O) groups excluding carboxylic acids is 1. The quantitative estimate of drug-likeness (QED) is 0.769. The molecule has 0 atom stereocenters. The number of carbonyl (C=O) groups is 1. The molecule has 1 N–H and O–H groups in total. The lowest BCUT2D eigenvalue weighted by Crippen LogP contribution is -2.31. The van der Waals surface area contributed by atoms with Gasteiger partial charge in [-0.1, -0.05) is 29.2 Å². The lowest BCUT2D eigenvalue weighted by Gasteiger charge is -2.17. The molecule has 0 fully saturated rings. The largest absolute Gasteiger partial charge is 0.343 e.